The minimum atomic E-state index is -0.514. The van der Waals surface area contributed by atoms with Gasteiger partial charge in [0.25, 0.3) is 0 Å². The van der Waals surface area contributed by atoms with E-state index in [0.29, 0.717) is 16.6 Å². The standard InChI is InChI=1S/C15H17ClN4O2S/c1-15(2)14(22)20-11(7-23-15)13(21)17-6-12-18-9-4-3-8(16)5-10(9)19-12/h3-5,11H,6-7H2,1-2H3,(H,17,21)(H,18,19)(H,20,22)/t11-/m1/s1. The zero-order chi connectivity index (χ0) is 16.6. The molecule has 1 aromatic heterocycles. The number of rotatable bonds is 3. The maximum absolute atomic E-state index is 12.2. The Balaban J connectivity index is 1.61. The van der Waals surface area contributed by atoms with Crippen LogP contribution in [0.25, 0.3) is 11.0 Å². The molecular weight excluding hydrogens is 336 g/mol. The van der Waals surface area contributed by atoms with Crippen LogP contribution in [0.3, 0.4) is 0 Å². The van der Waals surface area contributed by atoms with Gasteiger partial charge in [-0.2, -0.15) is 0 Å². The molecule has 0 aliphatic carbocycles. The fourth-order valence-corrected chi connectivity index (χ4v) is 3.46. The van der Waals surface area contributed by atoms with E-state index in [1.54, 1.807) is 12.1 Å². The molecule has 1 aliphatic rings. The number of H-pyrrole nitrogens is 1. The first-order chi connectivity index (χ1) is 10.8. The van der Waals surface area contributed by atoms with Gasteiger partial charge in [-0.1, -0.05) is 11.6 Å². The Kier molecular flexibility index (Phi) is 4.25. The summed E-state index contributed by atoms with van der Waals surface area (Å²) in [6.45, 7) is 3.97. The Morgan fingerprint density at radius 1 is 1.52 bits per heavy atom. The summed E-state index contributed by atoms with van der Waals surface area (Å²) in [7, 11) is 0. The van der Waals surface area contributed by atoms with Crippen LogP contribution in [0.2, 0.25) is 5.02 Å². The van der Waals surface area contributed by atoms with Crippen LogP contribution in [0.5, 0.6) is 0 Å². The molecule has 0 unspecified atom stereocenters. The number of imidazole rings is 1. The van der Waals surface area contributed by atoms with Crippen molar-refractivity contribution in [1.82, 2.24) is 20.6 Å². The third-order valence-corrected chi connectivity index (χ3v) is 5.34. The number of aromatic nitrogens is 2. The fraction of sp³-hybridized carbons (Fsp3) is 0.400. The molecular formula is C15H17ClN4O2S. The highest BCUT2D eigenvalue weighted by molar-refractivity contribution is 8.01. The molecule has 2 heterocycles. The molecule has 6 nitrogen and oxygen atoms in total. The zero-order valence-corrected chi connectivity index (χ0v) is 14.3. The molecule has 8 heteroatoms. The molecule has 0 saturated carbocycles. The zero-order valence-electron chi connectivity index (χ0n) is 12.8. The van der Waals surface area contributed by atoms with Crippen molar-refractivity contribution in [3.05, 3.63) is 29.0 Å². The Morgan fingerprint density at radius 2 is 2.30 bits per heavy atom. The molecule has 1 fully saturated rings. The molecule has 23 heavy (non-hydrogen) atoms. The molecule has 2 amide bonds. The van der Waals surface area contributed by atoms with Gasteiger partial charge in [0.1, 0.15) is 11.9 Å². The molecule has 0 spiro atoms. The van der Waals surface area contributed by atoms with E-state index in [2.05, 4.69) is 20.6 Å². The van der Waals surface area contributed by atoms with Gasteiger partial charge in [-0.15, -0.1) is 11.8 Å². The van der Waals surface area contributed by atoms with E-state index in [1.807, 2.05) is 19.9 Å². The summed E-state index contributed by atoms with van der Waals surface area (Å²) in [4.78, 5) is 31.6. The average Bonchev–Trinajstić information content (AvgIpc) is 2.89. The summed E-state index contributed by atoms with van der Waals surface area (Å²) >= 11 is 7.41. The summed E-state index contributed by atoms with van der Waals surface area (Å²) in [5.74, 6) is 0.873. The van der Waals surface area contributed by atoms with E-state index in [4.69, 9.17) is 11.6 Å². The van der Waals surface area contributed by atoms with Crippen molar-refractivity contribution in [2.24, 2.45) is 0 Å². The van der Waals surface area contributed by atoms with E-state index >= 15 is 0 Å². The number of hydrogen-bond donors (Lipinski definition) is 3. The van der Waals surface area contributed by atoms with Gasteiger partial charge >= 0.3 is 0 Å². The second kappa shape index (κ2) is 6.05. The number of fused-ring (bicyclic) bond motifs is 1. The quantitative estimate of drug-likeness (QED) is 0.786. The van der Waals surface area contributed by atoms with E-state index in [9.17, 15) is 9.59 Å². The van der Waals surface area contributed by atoms with E-state index in [1.165, 1.54) is 11.8 Å². The number of thioether (sulfide) groups is 1. The number of halogens is 1. The minimum Gasteiger partial charge on any atom is -0.347 e. The normalized spacial score (nSPS) is 20.3. The molecule has 1 saturated heterocycles. The lowest BCUT2D eigenvalue weighted by molar-refractivity contribution is -0.129. The minimum absolute atomic E-state index is 0.118. The lowest BCUT2D eigenvalue weighted by Crippen LogP contribution is -2.57. The number of benzene rings is 1. The first kappa shape index (κ1) is 16.1. The highest BCUT2D eigenvalue weighted by Gasteiger charge is 2.37. The van der Waals surface area contributed by atoms with E-state index < -0.39 is 10.8 Å². The summed E-state index contributed by atoms with van der Waals surface area (Å²) < 4.78 is -0.491. The Labute approximate surface area is 142 Å². The van der Waals surface area contributed by atoms with Crippen molar-refractivity contribution in [3.63, 3.8) is 0 Å². The second-order valence-electron chi connectivity index (χ2n) is 5.91. The third kappa shape index (κ3) is 3.45. The lowest BCUT2D eigenvalue weighted by atomic mass is 10.1. The number of amides is 2. The first-order valence-corrected chi connectivity index (χ1v) is 8.58. The number of aromatic amines is 1. The van der Waals surface area contributed by atoms with Gasteiger partial charge in [0.2, 0.25) is 11.8 Å². The summed E-state index contributed by atoms with van der Waals surface area (Å²) in [5, 5.41) is 6.18. The largest absolute Gasteiger partial charge is 0.347 e. The molecule has 2 aromatic rings. The van der Waals surface area contributed by atoms with Gasteiger partial charge < -0.3 is 15.6 Å². The molecule has 3 N–H and O–H groups in total. The van der Waals surface area contributed by atoms with Crippen LogP contribution >= 0.6 is 23.4 Å². The van der Waals surface area contributed by atoms with Crippen molar-refractivity contribution in [3.8, 4) is 0 Å². The number of hydrogen-bond acceptors (Lipinski definition) is 4. The topological polar surface area (TPSA) is 86.9 Å². The van der Waals surface area contributed by atoms with Crippen LogP contribution in [-0.2, 0) is 16.1 Å². The Morgan fingerprint density at radius 3 is 3.04 bits per heavy atom. The molecule has 1 atom stereocenters. The number of carbonyl (C=O) groups is 2. The van der Waals surface area contributed by atoms with Crippen LogP contribution in [0, 0.1) is 0 Å². The maximum atomic E-state index is 12.2. The fourth-order valence-electron chi connectivity index (χ4n) is 2.28. The first-order valence-electron chi connectivity index (χ1n) is 7.22. The summed E-state index contributed by atoms with van der Waals surface area (Å²) in [5.41, 5.74) is 1.62. The van der Waals surface area contributed by atoms with Crippen LogP contribution < -0.4 is 10.6 Å². The molecule has 122 valence electrons. The van der Waals surface area contributed by atoms with Crippen molar-refractivity contribution in [1.29, 1.82) is 0 Å². The monoisotopic (exact) mass is 352 g/mol. The highest BCUT2D eigenvalue weighted by atomic mass is 35.5. The second-order valence-corrected chi connectivity index (χ2v) is 7.99. The van der Waals surface area contributed by atoms with Crippen LogP contribution in [0.15, 0.2) is 18.2 Å². The van der Waals surface area contributed by atoms with E-state index in [-0.39, 0.29) is 18.4 Å². The molecule has 1 aromatic carbocycles. The van der Waals surface area contributed by atoms with Crippen molar-refractivity contribution in [2.75, 3.05) is 5.75 Å². The van der Waals surface area contributed by atoms with Gasteiger partial charge in [-0.25, -0.2) is 4.98 Å². The smallest absolute Gasteiger partial charge is 0.243 e. The number of nitrogens with one attached hydrogen (secondary N) is 3. The number of carbonyl (C=O) groups excluding carboxylic acids is 2. The predicted molar refractivity (Wildman–Crippen MR) is 91.4 cm³/mol. The van der Waals surface area contributed by atoms with Gasteiger partial charge in [-0.3, -0.25) is 9.59 Å². The van der Waals surface area contributed by atoms with Crippen molar-refractivity contribution >= 4 is 46.2 Å². The van der Waals surface area contributed by atoms with Gasteiger partial charge in [0, 0.05) is 10.8 Å². The maximum Gasteiger partial charge on any atom is 0.243 e. The lowest BCUT2D eigenvalue weighted by Gasteiger charge is -2.32. The van der Waals surface area contributed by atoms with Crippen LogP contribution in [0.1, 0.15) is 19.7 Å². The highest BCUT2D eigenvalue weighted by Crippen LogP contribution is 2.29. The Bertz CT molecular complexity index is 774. The molecule has 0 radical (unpaired) electrons. The van der Waals surface area contributed by atoms with Gasteiger partial charge in [0.15, 0.2) is 0 Å². The third-order valence-electron chi connectivity index (χ3n) is 3.70. The number of nitrogens with zero attached hydrogens (tertiary/aromatic N) is 1. The SMILES string of the molecule is CC1(C)SC[C@H](C(=O)NCc2nc3ccc(Cl)cc3[nH]2)NC1=O. The summed E-state index contributed by atoms with van der Waals surface area (Å²) in [6.07, 6.45) is 0. The van der Waals surface area contributed by atoms with Crippen molar-refractivity contribution in [2.45, 2.75) is 31.2 Å². The van der Waals surface area contributed by atoms with Gasteiger partial charge in [0.05, 0.1) is 22.3 Å². The Hall–Kier alpha value is -1.73. The van der Waals surface area contributed by atoms with Crippen molar-refractivity contribution < 1.29 is 9.59 Å². The molecule has 1 aliphatic heterocycles. The molecule has 3 rings (SSSR count). The average molecular weight is 353 g/mol. The van der Waals surface area contributed by atoms with E-state index in [0.717, 1.165) is 11.0 Å². The predicted octanol–water partition coefficient (Wildman–Crippen LogP) is 1.84. The van der Waals surface area contributed by atoms with Gasteiger partial charge in [-0.05, 0) is 32.0 Å². The van der Waals surface area contributed by atoms with Crippen LogP contribution in [-0.4, -0.2) is 38.3 Å². The van der Waals surface area contributed by atoms with Crippen LogP contribution in [0.4, 0.5) is 0 Å². The summed E-state index contributed by atoms with van der Waals surface area (Å²) in [6, 6.07) is 4.86. The molecule has 0 bridgehead atoms.